The Kier molecular flexibility index (Phi) is 100. The fraction of sp³-hybridized carbons (Fsp3) is 0.667. The number of rotatable bonds is 4. The van der Waals surface area contributed by atoms with Gasteiger partial charge in [0.05, 0.1) is 25.0 Å². The molecule has 62 heavy (non-hydrogen) atoms. The van der Waals surface area contributed by atoms with Crippen molar-refractivity contribution in [1.29, 1.82) is 0 Å². The minimum Gasteiger partial charge on any atom is -0.349 e. The zero-order valence-corrected chi connectivity index (χ0v) is 48.6. The van der Waals surface area contributed by atoms with E-state index in [9.17, 15) is 55.9 Å². The number of carbonyl (C=O) groups is 2. The molecule has 0 atom stereocenters. The molecular weight excluding hydrogens is 949 g/mol. The summed E-state index contributed by atoms with van der Waals surface area (Å²) in [6.45, 7) is 33.1. The van der Waals surface area contributed by atoms with Crippen LogP contribution in [0.3, 0.4) is 0 Å². The Hall–Kier alpha value is -2.27. The van der Waals surface area contributed by atoms with Gasteiger partial charge in [-0.3, -0.25) is 13.8 Å². The molecule has 0 heterocycles. The molecule has 0 spiro atoms. The third-order valence-corrected chi connectivity index (χ3v) is 9.67. The summed E-state index contributed by atoms with van der Waals surface area (Å²) in [5, 5.41) is 0. The largest absolute Gasteiger partial charge is 0.349 e. The molecule has 0 saturated carbocycles. The van der Waals surface area contributed by atoms with Gasteiger partial charge in [-0.05, 0) is 33.7 Å². The van der Waals surface area contributed by atoms with Gasteiger partial charge in [-0.15, -0.1) is 65.8 Å². The summed E-state index contributed by atoms with van der Waals surface area (Å²) < 4.78 is 115. The average molecular weight is 1040 g/mol. The number of carbonyl (C=O) groups excluding carboxylic acids is 2. The summed E-state index contributed by atoms with van der Waals surface area (Å²) in [6.07, 6.45) is 13.7. The van der Waals surface area contributed by atoms with Crippen molar-refractivity contribution >= 4 is 84.3 Å². The van der Waals surface area contributed by atoms with E-state index < -0.39 is 60.7 Å². The highest BCUT2D eigenvalue weighted by atomic mass is 32.3. The van der Waals surface area contributed by atoms with E-state index in [0.717, 1.165) is 53.2 Å². The molecule has 0 aliphatic heterocycles. The summed E-state index contributed by atoms with van der Waals surface area (Å²) >= 11 is 1.75. The van der Waals surface area contributed by atoms with Crippen LogP contribution >= 0.6 is 11.8 Å². The Labute approximate surface area is 391 Å². The summed E-state index contributed by atoms with van der Waals surface area (Å²) in [6, 6.07) is 0. The summed E-state index contributed by atoms with van der Waals surface area (Å²) in [4.78, 5) is 25.2. The SMILES string of the molecule is C=C.C=C.C=C.C=C.C=C.CC(=O)N(C)C.CC(=O)N(C)C.CN(C)C.CN(C)S(C)(=O)=O.CN(C)S(C)(=O)=O.CN(S(C)(=O)=O)S(C)(=O)=O.CS(C)(=O)=O.CS(C)=O.CSC. The molecule has 2 amide bonds. The van der Waals surface area contributed by atoms with Crippen molar-refractivity contribution in [2.24, 2.45) is 0 Å². The maximum Gasteiger partial charge on any atom is 0.223 e. The van der Waals surface area contributed by atoms with Gasteiger partial charge in [-0.1, -0.05) is 3.71 Å². The van der Waals surface area contributed by atoms with Crippen molar-refractivity contribution in [3.63, 3.8) is 0 Å². The molecule has 386 valence electrons. The van der Waals surface area contributed by atoms with E-state index in [4.69, 9.17) is 0 Å². The van der Waals surface area contributed by atoms with Gasteiger partial charge in [0.1, 0.15) is 9.84 Å². The van der Waals surface area contributed by atoms with Crippen molar-refractivity contribution < 1.29 is 55.9 Å². The first kappa shape index (κ1) is 98.5. The van der Waals surface area contributed by atoms with Gasteiger partial charge < -0.3 is 14.7 Å². The number of sulfone groups is 1. The van der Waals surface area contributed by atoms with Gasteiger partial charge >= 0.3 is 0 Å². The molecule has 0 N–H and O–H groups in total. The van der Waals surface area contributed by atoms with Crippen LogP contribution < -0.4 is 0 Å². The van der Waals surface area contributed by atoms with Gasteiger partial charge in [0.2, 0.25) is 51.9 Å². The lowest BCUT2D eigenvalue weighted by Crippen LogP contribution is -2.31. The standard InChI is InChI=1S/2C4H9NO.C3H9NO4S2.2C3H9NO2S.C3H9N.C2H6O2S.C2H6OS.C2H6S.5C2H4/c2*1-4(6)5(2)3;1-4(9(2,5)6)10(3,7)8;2*1-4(2)7(3,5)6;1-4(2)3;1-5(2,3)4;1-4(2)3;1-3-2;5*1-2/h2*1-3H3;1-3H3;2*1-3H3;1-3H3;1-2H3;1-2H3;1-2H3;5*1-2H2. The number of nitrogens with zero attached hydrogens (tertiary/aromatic N) is 6. The lowest BCUT2D eigenvalue weighted by Gasteiger charge is -2.09. The molecule has 0 unspecified atom stereocenters. The van der Waals surface area contributed by atoms with E-state index in [1.165, 1.54) is 51.8 Å². The predicted molar refractivity (Wildman–Crippen MR) is 279 cm³/mol. The number of hydrogen-bond donors (Lipinski definition) is 0. The molecule has 19 nitrogen and oxygen atoms in total. The lowest BCUT2D eigenvalue weighted by atomic mass is 10.7. The monoisotopic (exact) mass is 1040 g/mol. The molecule has 0 aliphatic rings. The van der Waals surface area contributed by atoms with E-state index in [1.807, 2.05) is 38.6 Å². The second kappa shape index (κ2) is 63.0. The van der Waals surface area contributed by atoms with E-state index in [1.54, 1.807) is 52.5 Å². The van der Waals surface area contributed by atoms with Gasteiger partial charge in [-0.2, -0.15) is 11.8 Å². The van der Waals surface area contributed by atoms with Crippen LogP contribution in [0, 0.1) is 0 Å². The highest BCUT2D eigenvalue weighted by molar-refractivity contribution is 8.03. The smallest absolute Gasteiger partial charge is 0.223 e. The number of sulfonamides is 4. The molecule has 26 heteroatoms. The van der Waals surface area contributed by atoms with Crippen LogP contribution in [0.4, 0.5) is 0 Å². The highest BCUT2D eigenvalue weighted by Gasteiger charge is 2.20. The first-order valence-corrected chi connectivity index (χ1v) is 29.7. The fourth-order valence-corrected chi connectivity index (χ4v) is 2.21. The first-order chi connectivity index (χ1) is 27.2. The van der Waals surface area contributed by atoms with E-state index >= 15 is 0 Å². The Morgan fingerprint density at radius 2 is 0.484 bits per heavy atom. The Morgan fingerprint density at radius 1 is 0.419 bits per heavy atom. The molecule has 0 radical (unpaired) electrons. The molecule has 0 aromatic carbocycles. The van der Waals surface area contributed by atoms with Crippen LogP contribution in [0.15, 0.2) is 65.8 Å². The van der Waals surface area contributed by atoms with Crippen LogP contribution in [0.5, 0.6) is 0 Å². The van der Waals surface area contributed by atoms with Crippen molar-refractivity contribution in [2.45, 2.75) is 13.8 Å². The summed E-state index contributed by atoms with van der Waals surface area (Å²) in [7, 11) is 3.55. The van der Waals surface area contributed by atoms with Crippen molar-refractivity contribution in [2.75, 3.05) is 147 Å². The van der Waals surface area contributed by atoms with Gasteiger partial charge in [0, 0.05) is 113 Å². The van der Waals surface area contributed by atoms with E-state index in [0.29, 0.717) is 3.71 Å². The molecule has 0 aromatic heterocycles. The van der Waals surface area contributed by atoms with Crippen molar-refractivity contribution in [3.05, 3.63) is 65.8 Å². The third-order valence-electron chi connectivity index (χ3n) is 3.52. The predicted octanol–water partition coefficient (Wildman–Crippen LogP) is 2.87. The quantitative estimate of drug-likeness (QED) is 0.368. The fourth-order valence-electron chi connectivity index (χ4n) is 0.246. The van der Waals surface area contributed by atoms with Crippen LogP contribution in [0.25, 0.3) is 0 Å². The first-order valence-electron chi connectivity index (χ1n) is 16.4. The summed E-state index contributed by atoms with van der Waals surface area (Å²) in [5.41, 5.74) is 0. The van der Waals surface area contributed by atoms with Gasteiger partial charge in [0.15, 0.2) is 0 Å². The molecular formula is C36H92N6O13S7. The zero-order valence-electron chi connectivity index (χ0n) is 42.9. The Balaban J connectivity index is -0.0000000344. The highest BCUT2D eigenvalue weighted by Crippen LogP contribution is 1.98. The molecule has 0 fully saturated rings. The minimum atomic E-state index is -3.62. The molecule has 0 rings (SSSR count). The number of thioether (sulfide) groups is 1. The normalized spacial score (nSPS) is 9.31. The number of amides is 2. The van der Waals surface area contributed by atoms with Crippen LogP contribution in [0.1, 0.15) is 13.8 Å². The topological polar surface area (TPSA) is 241 Å². The zero-order chi connectivity index (χ0) is 55.4. The maximum atomic E-state index is 10.5. The van der Waals surface area contributed by atoms with Crippen LogP contribution in [0.2, 0.25) is 0 Å². The summed E-state index contributed by atoms with van der Waals surface area (Å²) in [5.74, 6) is 0.185. The minimum absolute atomic E-state index is 0.0926. The van der Waals surface area contributed by atoms with E-state index in [2.05, 4.69) is 65.8 Å². The van der Waals surface area contributed by atoms with Crippen molar-refractivity contribution in [3.8, 4) is 0 Å². The second-order valence-corrected chi connectivity index (χ2v) is 24.7. The van der Waals surface area contributed by atoms with Crippen LogP contribution in [-0.4, -0.2) is 232 Å². The maximum absolute atomic E-state index is 10.5. The molecule has 0 aromatic rings. The molecule has 0 aliphatic carbocycles. The average Bonchev–Trinajstić information content (AvgIpc) is 3.07. The number of hydrogen-bond acceptors (Lipinski definition) is 15. The molecule has 0 bridgehead atoms. The van der Waals surface area contributed by atoms with Gasteiger partial charge in [-0.25, -0.2) is 50.7 Å². The third kappa shape index (κ3) is 210. The Morgan fingerprint density at radius 3 is 0.484 bits per heavy atom. The van der Waals surface area contributed by atoms with E-state index in [-0.39, 0.29) is 11.8 Å². The second-order valence-electron chi connectivity index (χ2n) is 11.5. The lowest BCUT2D eigenvalue weighted by molar-refractivity contribution is -0.127. The van der Waals surface area contributed by atoms with Crippen LogP contribution in [-0.2, 0) is 70.3 Å². The molecule has 0 saturated heterocycles. The Bertz CT molecular complexity index is 1440. The van der Waals surface area contributed by atoms with Gasteiger partial charge in [0.25, 0.3) is 0 Å². The van der Waals surface area contributed by atoms with Crippen molar-refractivity contribution in [1.82, 2.24) is 27.0 Å².